The lowest BCUT2D eigenvalue weighted by molar-refractivity contribution is -0.0553. The monoisotopic (exact) mass is 222 g/mol. The fraction of sp³-hybridized carbons (Fsp3) is 0.636. The van der Waals surface area contributed by atoms with Gasteiger partial charge < -0.3 is 15.8 Å². The Morgan fingerprint density at radius 2 is 2.31 bits per heavy atom. The average Bonchev–Trinajstić information content (AvgIpc) is 2.15. The molecule has 2 rings (SSSR count). The molecule has 5 nitrogen and oxygen atoms in total. The molecular formula is C11H18N4O. The van der Waals surface area contributed by atoms with Gasteiger partial charge in [-0.1, -0.05) is 0 Å². The predicted octanol–water partition coefficient (Wildman–Crippen LogP) is 1.43. The molecule has 0 radical (unpaired) electrons. The number of nitrogens with two attached hydrogens (primary N) is 1. The number of rotatable bonds is 2. The number of anilines is 2. The highest BCUT2D eigenvalue weighted by Gasteiger charge is 2.28. The molecule has 0 saturated carbocycles. The molecule has 0 spiro atoms. The minimum Gasteiger partial charge on any atom is -0.382 e. The molecule has 0 aromatic carbocycles. The van der Waals surface area contributed by atoms with Crippen molar-refractivity contribution in [3.05, 3.63) is 12.4 Å². The van der Waals surface area contributed by atoms with Gasteiger partial charge in [0.2, 0.25) is 0 Å². The molecule has 1 atom stereocenters. The molecule has 2 heterocycles. The first-order valence-corrected chi connectivity index (χ1v) is 5.53. The van der Waals surface area contributed by atoms with E-state index in [1.165, 1.54) is 0 Å². The molecule has 1 aromatic rings. The zero-order chi connectivity index (χ0) is 11.6. The summed E-state index contributed by atoms with van der Waals surface area (Å²) >= 11 is 0. The average molecular weight is 222 g/mol. The van der Waals surface area contributed by atoms with Crippen molar-refractivity contribution in [2.45, 2.75) is 38.3 Å². The summed E-state index contributed by atoms with van der Waals surface area (Å²) < 4.78 is 5.66. The van der Waals surface area contributed by atoms with Crippen LogP contribution in [0.5, 0.6) is 0 Å². The van der Waals surface area contributed by atoms with Crippen molar-refractivity contribution >= 4 is 11.6 Å². The Bertz CT molecular complexity index is 367. The second kappa shape index (κ2) is 4.25. The number of aromatic nitrogens is 2. The molecule has 1 aliphatic heterocycles. The maximum absolute atomic E-state index is 5.66. The van der Waals surface area contributed by atoms with E-state index in [1.54, 1.807) is 12.4 Å². The van der Waals surface area contributed by atoms with Crippen LogP contribution in [0.2, 0.25) is 0 Å². The van der Waals surface area contributed by atoms with Gasteiger partial charge in [-0.3, -0.25) is 4.98 Å². The maximum Gasteiger partial charge on any atom is 0.147 e. The van der Waals surface area contributed by atoms with Crippen molar-refractivity contribution in [2.24, 2.45) is 0 Å². The summed E-state index contributed by atoms with van der Waals surface area (Å²) in [5.41, 5.74) is 5.51. The third-order valence-corrected chi connectivity index (χ3v) is 2.70. The molecular weight excluding hydrogens is 204 g/mol. The van der Waals surface area contributed by atoms with Gasteiger partial charge in [-0.25, -0.2) is 4.98 Å². The quantitative estimate of drug-likeness (QED) is 0.792. The zero-order valence-corrected chi connectivity index (χ0v) is 9.73. The largest absolute Gasteiger partial charge is 0.382 e. The Hall–Kier alpha value is -1.36. The van der Waals surface area contributed by atoms with Gasteiger partial charge in [0.05, 0.1) is 18.0 Å². The molecule has 1 aromatic heterocycles. The standard InChI is InChI=1S/C11H18N4O/c1-11(2)5-8(3-4-16-11)14-10-7-13-6-9(12)15-10/h6-8H,3-5H2,1-2H3,(H3,12,14,15). The SMILES string of the molecule is CC1(C)CC(Nc2cncc(N)n2)CCO1. The minimum atomic E-state index is -0.0658. The third-order valence-electron chi connectivity index (χ3n) is 2.70. The van der Waals surface area contributed by atoms with Crippen molar-refractivity contribution in [1.82, 2.24) is 9.97 Å². The predicted molar refractivity (Wildman–Crippen MR) is 63.1 cm³/mol. The van der Waals surface area contributed by atoms with Crippen LogP contribution in [0.25, 0.3) is 0 Å². The van der Waals surface area contributed by atoms with E-state index in [9.17, 15) is 0 Å². The third kappa shape index (κ3) is 2.82. The second-order valence-electron chi connectivity index (χ2n) is 4.77. The van der Waals surface area contributed by atoms with Crippen LogP contribution in [0, 0.1) is 0 Å². The van der Waals surface area contributed by atoms with Crippen LogP contribution in [0.4, 0.5) is 11.6 Å². The van der Waals surface area contributed by atoms with Crippen LogP contribution < -0.4 is 11.1 Å². The number of nitrogens with one attached hydrogen (secondary N) is 1. The molecule has 1 saturated heterocycles. The molecule has 0 bridgehead atoms. The van der Waals surface area contributed by atoms with E-state index < -0.39 is 0 Å². The Morgan fingerprint density at radius 1 is 1.50 bits per heavy atom. The smallest absolute Gasteiger partial charge is 0.147 e. The first kappa shape index (κ1) is 11.1. The van der Waals surface area contributed by atoms with Crippen LogP contribution in [-0.4, -0.2) is 28.2 Å². The van der Waals surface area contributed by atoms with E-state index in [2.05, 4.69) is 29.1 Å². The number of hydrogen-bond donors (Lipinski definition) is 2. The number of ether oxygens (including phenoxy) is 1. The van der Waals surface area contributed by atoms with Crippen LogP contribution >= 0.6 is 0 Å². The Labute approximate surface area is 95.4 Å². The first-order chi connectivity index (χ1) is 7.55. The normalized spacial score (nSPS) is 24.0. The van der Waals surface area contributed by atoms with Gasteiger partial charge in [-0.05, 0) is 26.7 Å². The first-order valence-electron chi connectivity index (χ1n) is 5.53. The summed E-state index contributed by atoms with van der Waals surface area (Å²) in [5.74, 6) is 1.18. The van der Waals surface area contributed by atoms with Crippen molar-refractivity contribution in [3.8, 4) is 0 Å². The second-order valence-corrected chi connectivity index (χ2v) is 4.77. The number of hydrogen-bond acceptors (Lipinski definition) is 5. The topological polar surface area (TPSA) is 73.1 Å². The highest BCUT2D eigenvalue weighted by molar-refractivity contribution is 5.39. The fourth-order valence-corrected chi connectivity index (χ4v) is 2.01. The highest BCUT2D eigenvalue weighted by Crippen LogP contribution is 2.25. The van der Waals surface area contributed by atoms with Crippen LogP contribution in [0.1, 0.15) is 26.7 Å². The van der Waals surface area contributed by atoms with Gasteiger partial charge >= 0.3 is 0 Å². The summed E-state index contributed by atoms with van der Waals surface area (Å²) in [6.45, 7) is 4.98. The summed E-state index contributed by atoms with van der Waals surface area (Å²) in [5, 5.41) is 3.34. The molecule has 88 valence electrons. The summed E-state index contributed by atoms with van der Waals surface area (Å²) in [4.78, 5) is 8.18. The van der Waals surface area contributed by atoms with Crippen molar-refractivity contribution in [1.29, 1.82) is 0 Å². The van der Waals surface area contributed by atoms with E-state index in [4.69, 9.17) is 10.5 Å². The molecule has 1 unspecified atom stereocenters. The van der Waals surface area contributed by atoms with E-state index in [-0.39, 0.29) is 5.60 Å². The lowest BCUT2D eigenvalue weighted by atomic mass is 9.94. The molecule has 3 N–H and O–H groups in total. The molecule has 1 aliphatic rings. The Balaban J connectivity index is 1.99. The zero-order valence-electron chi connectivity index (χ0n) is 9.73. The van der Waals surface area contributed by atoms with Crippen molar-refractivity contribution < 1.29 is 4.74 Å². The van der Waals surface area contributed by atoms with Gasteiger partial charge in [-0.15, -0.1) is 0 Å². The molecule has 16 heavy (non-hydrogen) atoms. The van der Waals surface area contributed by atoms with Crippen LogP contribution in [-0.2, 0) is 4.74 Å². The lowest BCUT2D eigenvalue weighted by Gasteiger charge is -2.35. The summed E-state index contributed by atoms with van der Waals surface area (Å²) in [6.07, 6.45) is 5.18. The molecule has 0 aliphatic carbocycles. The summed E-state index contributed by atoms with van der Waals surface area (Å²) in [7, 11) is 0. The minimum absolute atomic E-state index is 0.0658. The Morgan fingerprint density at radius 3 is 3.00 bits per heavy atom. The van der Waals surface area contributed by atoms with Gasteiger partial charge in [0, 0.05) is 12.6 Å². The van der Waals surface area contributed by atoms with Crippen LogP contribution in [0.15, 0.2) is 12.4 Å². The van der Waals surface area contributed by atoms with E-state index in [0.29, 0.717) is 11.9 Å². The molecule has 5 heteroatoms. The van der Waals surface area contributed by atoms with E-state index >= 15 is 0 Å². The van der Waals surface area contributed by atoms with Gasteiger partial charge in [0.15, 0.2) is 0 Å². The van der Waals surface area contributed by atoms with Crippen molar-refractivity contribution in [2.75, 3.05) is 17.7 Å². The van der Waals surface area contributed by atoms with E-state index in [1.807, 2.05) is 0 Å². The lowest BCUT2D eigenvalue weighted by Crippen LogP contribution is -2.40. The van der Waals surface area contributed by atoms with Gasteiger partial charge in [-0.2, -0.15) is 0 Å². The van der Waals surface area contributed by atoms with E-state index in [0.717, 1.165) is 25.3 Å². The van der Waals surface area contributed by atoms with Gasteiger partial charge in [0.25, 0.3) is 0 Å². The number of nitrogens with zero attached hydrogens (tertiary/aromatic N) is 2. The van der Waals surface area contributed by atoms with Crippen LogP contribution in [0.3, 0.4) is 0 Å². The van der Waals surface area contributed by atoms with Gasteiger partial charge in [0.1, 0.15) is 11.6 Å². The Kier molecular flexibility index (Phi) is 2.96. The highest BCUT2D eigenvalue weighted by atomic mass is 16.5. The number of nitrogen functional groups attached to an aromatic ring is 1. The van der Waals surface area contributed by atoms with Crippen molar-refractivity contribution in [3.63, 3.8) is 0 Å². The molecule has 0 amide bonds. The summed E-state index contributed by atoms with van der Waals surface area (Å²) in [6, 6.07) is 0.375. The maximum atomic E-state index is 5.66. The fourth-order valence-electron chi connectivity index (χ4n) is 2.01. The molecule has 1 fully saturated rings.